The first-order valence-corrected chi connectivity index (χ1v) is 7.07. The molecule has 1 aliphatic rings. The van der Waals surface area contributed by atoms with Crippen LogP contribution < -0.4 is 5.32 Å². The van der Waals surface area contributed by atoms with E-state index in [2.05, 4.69) is 5.32 Å². The van der Waals surface area contributed by atoms with E-state index >= 15 is 0 Å². The largest absolute Gasteiger partial charge is 0.384 e. The molecule has 1 aromatic carbocycles. The summed E-state index contributed by atoms with van der Waals surface area (Å²) in [5, 5.41) is 13.7. The predicted molar refractivity (Wildman–Crippen MR) is 71.6 cm³/mol. The zero-order valence-corrected chi connectivity index (χ0v) is 10.7. The number of rotatable bonds is 4. The molecule has 18 heavy (non-hydrogen) atoms. The second kappa shape index (κ2) is 6.04. The number of nitrogens with one attached hydrogen (secondary N) is 1. The van der Waals surface area contributed by atoms with Crippen LogP contribution in [-0.4, -0.2) is 23.0 Å². The van der Waals surface area contributed by atoms with Crippen LogP contribution in [0.3, 0.4) is 0 Å². The zero-order valence-electron chi connectivity index (χ0n) is 9.89. The minimum Gasteiger partial charge on any atom is -0.384 e. The Morgan fingerprint density at radius 1 is 1.39 bits per heavy atom. The van der Waals surface area contributed by atoms with Crippen molar-refractivity contribution < 1.29 is 9.31 Å². The van der Waals surface area contributed by atoms with Crippen LogP contribution in [-0.2, 0) is 0 Å². The summed E-state index contributed by atoms with van der Waals surface area (Å²) in [6.45, 7) is 0.751. The van der Waals surface area contributed by atoms with Crippen molar-refractivity contribution in [2.24, 2.45) is 5.92 Å². The van der Waals surface area contributed by atoms with Crippen LogP contribution in [0.25, 0.3) is 0 Å². The molecule has 0 spiro atoms. The Hall–Kier alpha value is -1.30. The normalized spacial score (nSPS) is 16.5. The molecule has 4 nitrogen and oxygen atoms in total. The Labute approximate surface area is 109 Å². The number of anilines is 1. The number of nitro groups is 1. The number of nitrogens with zero attached hydrogens (tertiary/aromatic N) is 1. The topological polar surface area (TPSA) is 55.2 Å². The highest BCUT2D eigenvalue weighted by Gasteiger charge is 2.14. The average Bonchev–Trinajstić information content (AvgIpc) is 2.37. The van der Waals surface area contributed by atoms with Gasteiger partial charge in [-0.15, -0.1) is 0 Å². The molecule has 98 valence electrons. The third-order valence-corrected chi connectivity index (χ3v) is 4.08. The SMILES string of the molecule is O=[N+]([O-])c1cc(F)cc(NCC2CCSCC2)c1. The van der Waals surface area contributed by atoms with E-state index in [9.17, 15) is 14.5 Å². The number of nitro benzene ring substituents is 1. The summed E-state index contributed by atoms with van der Waals surface area (Å²) in [6, 6.07) is 3.60. The van der Waals surface area contributed by atoms with Crippen molar-refractivity contribution in [3.63, 3.8) is 0 Å². The fourth-order valence-electron chi connectivity index (χ4n) is 1.99. The van der Waals surface area contributed by atoms with Gasteiger partial charge < -0.3 is 5.32 Å². The summed E-state index contributed by atoms with van der Waals surface area (Å²) >= 11 is 1.95. The molecule has 1 N–H and O–H groups in total. The van der Waals surface area contributed by atoms with Crippen LogP contribution in [0, 0.1) is 21.8 Å². The maximum absolute atomic E-state index is 13.2. The van der Waals surface area contributed by atoms with Gasteiger partial charge in [-0.05, 0) is 36.3 Å². The van der Waals surface area contributed by atoms with Crippen LogP contribution in [0.4, 0.5) is 15.8 Å². The lowest BCUT2D eigenvalue weighted by atomic mass is 10.0. The quantitative estimate of drug-likeness (QED) is 0.673. The fraction of sp³-hybridized carbons (Fsp3) is 0.500. The summed E-state index contributed by atoms with van der Waals surface area (Å²) < 4.78 is 13.2. The molecule has 1 aromatic rings. The van der Waals surface area contributed by atoms with Crippen LogP contribution in [0.1, 0.15) is 12.8 Å². The van der Waals surface area contributed by atoms with Gasteiger partial charge in [0, 0.05) is 18.3 Å². The average molecular weight is 270 g/mol. The predicted octanol–water partition coefficient (Wildman–Crippen LogP) is 3.29. The molecule has 1 heterocycles. The van der Waals surface area contributed by atoms with Gasteiger partial charge in [0.1, 0.15) is 5.82 Å². The molecule has 0 aromatic heterocycles. The maximum Gasteiger partial charge on any atom is 0.274 e. The van der Waals surface area contributed by atoms with Crippen LogP contribution in [0.2, 0.25) is 0 Å². The van der Waals surface area contributed by atoms with E-state index in [1.54, 1.807) is 0 Å². The van der Waals surface area contributed by atoms with Crippen LogP contribution in [0.15, 0.2) is 18.2 Å². The second-order valence-corrected chi connectivity index (χ2v) is 5.62. The second-order valence-electron chi connectivity index (χ2n) is 4.39. The Balaban J connectivity index is 1.97. The molecular formula is C12H15FN2O2S. The molecule has 0 bridgehead atoms. The van der Waals surface area contributed by atoms with E-state index in [0.717, 1.165) is 37.0 Å². The van der Waals surface area contributed by atoms with Gasteiger partial charge in [0.05, 0.1) is 11.0 Å². The molecule has 0 amide bonds. The molecule has 2 rings (SSSR count). The highest BCUT2D eigenvalue weighted by Crippen LogP contribution is 2.24. The van der Waals surface area contributed by atoms with Gasteiger partial charge in [-0.1, -0.05) is 0 Å². The van der Waals surface area contributed by atoms with Gasteiger partial charge in [-0.3, -0.25) is 10.1 Å². The lowest BCUT2D eigenvalue weighted by Crippen LogP contribution is -2.19. The highest BCUT2D eigenvalue weighted by atomic mass is 32.2. The van der Waals surface area contributed by atoms with Gasteiger partial charge in [0.25, 0.3) is 5.69 Å². The monoisotopic (exact) mass is 270 g/mol. The van der Waals surface area contributed by atoms with E-state index in [1.807, 2.05) is 11.8 Å². The Morgan fingerprint density at radius 2 is 2.11 bits per heavy atom. The van der Waals surface area contributed by atoms with E-state index in [1.165, 1.54) is 12.1 Å². The first-order chi connectivity index (χ1) is 8.65. The lowest BCUT2D eigenvalue weighted by molar-refractivity contribution is -0.385. The van der Waals surface area contributed by atoms with E-state index in [-0.39, 0.29) is 5.69 Å². The number of hydrogen-bond acceptors (Lipinski definition) is 4. The first kappa shape index (κ1) is 13.1. The van der Waals surface area contributed by atoms with Gasteiger partial charge >= 0.3 is 0 Å². The Bertz CT molecular complexity index is 436. The minimum atomic E-state index is -0.578. The van der Waals surface area contributed by atoms with Crippen molar-refractivity contribution >= 4 is 23.1 Å². The van der Waals surface area contributed by atoms with Gasteiger partial charge in [-0.25, -0.2) is 4.39 Å². The number of non-ortho nitro benzene ring substituents is 1. The molecule has 0 atom stereocenters. The van der Waals surface area contributed by atoms with Crippen molar-refractivity contribution in [2.75, 3.05) is 23.4 Å². The van der Waals surface area contributed by atoms with Crippen molar-refractivity contribution in [3.05, 3.63) is 34.1 Å². The number of thioether (sulfide) groups is 1. The summed E-state index contributed by atoms with van der Waals surface area (Å²) in [5.74, 6) is 2.32. The molecule has 0 aliphatic carbocycles. The molecular weight excluding hydrogens is 255 g/mol. The number of halogens is 1. The van der Waals surface area contributed by atoms with Crippen molar-refractivity contribution in [1.29, 1.82) is 0 Å². The molecule has 1 saturated heterocycles. The van der Waals surface area contributed by atoms with Crippen LogP contribution in [0.5, 0.6) is 0 Å². The van der Waals surface area contributed by atoms with E-state index in [4.69, 9.17) is 0 Å². The molecule has 0 saturated carbocycles. The highest BCUT2D eigenvalue weighted by molar-refractivity contribution is 7.99. The molecule has 0 radical (unpaired) electrons. The minimum absolute atomic E-state index is 0.211. The maximum atomic E-state index is 13.2. The van der Waals surface area contributed by atoms with E-state index < -0.39 is 10.7 Å². The van der Waals surface area contributed by atoms with Gasteiger partial charge in [0.15, 0.2) is 0 Å². The van der Waals surface area contributed by atoms with E-state index in [0.29, 0.717) is 11.6 Å². The molecule has 1 fully saturated rings. The smallest absolute Gasteiger partial charge is 0.274 e. The lowest BCUT2D eigenvalue weighted by Gasteiger charge is -2.21. The van der Waals surface area contributed by atoms with Crippen molar-refractivity contribution in [2.45, 2.75) is 12.8 Å². The summed E-state index contributed by atoms with van der Waals surface area (Å²) in [5.41, 5.74) is 0.275. The molecule has 0 unspecified atom stereocenters. The number of hydrogen-bond donors (Lipinski definition) is 1. The molecule has 1 aliphatic heterocycles. The fourth-order valence-corrected chi connectivity index (χ4v) is 3.20. The zero-order chi connectivity index (χ0) is 13.0. The van der Waals surface area contributed by atoms with Gasteiger partial charge in [-0.2, -0.15) is 11.8 Å². The molecule has 6 heteroatoms. The summed E-state index contributed by atoms with van der Waals surface area (Å²) in [4.78, 5) is 10.0. The van der Waals surface area contributed by atoms with Crippen LogP contribution >= 0.6 is 11.8 Å². The van der Waals surface area contributed by atoms with Crippen molar-refractivity contribution in [3.8, 4) is 0 Å². The third kappa shape index (κ3) is 3.60. The third-order valence-electron chi connectivity index (χ3n) is 3.03. The summed E-state index contributed by atoms with van der Waals surface area (Å²) in [6.07, 6.45) is 2.30. The van der Waals surface area contributed by atoms with Crippen molar-refractivity contribution in [1.82, 2.24) is 0 Å². The Kier molecular flexibility index (Phi) is 4.41. The first-order valence-electron chi connectivity index (χ1n) is 5.92. The standard InChI is InChI=1S/C12H15FN2O2S/c13-10-5-11(7-12(6-10)15(16)17)14-8-9-1-3-18-4-2-9/h5-7,9,14H,1-4,8H2. The van der Waals surface area contributed by atoms with Gasteiger partial charge in [0.2, 0.25) is 0 Å². The Morgan fingerprint density at radius 3 is 2.78 bits per heavy atom. The number of benzene rings is 1. The summed E-state index contributed by atoms with van der Waals surface area (Å²) in [7, 11) is 0.